The second-order valence-corrected chi connectivity index (χ2v) is 7.49. The number of hydrogen-bond donors (Lipinski definition) is 4. The molecule has 0 saturated carbocycles. The molecule has 0 radical (unpaired) electrons. The van der Waals surface area contributed by atoms with Gasteiger partial charge in [-0.15, -0.1) is 0 Å². The monoisotopic (exact) mass is 422 g/mol. The van der Waals surface area contributed by atoms with Gasteiger partial charge in [-0.05, 0) is 41.8 Å². The number of aliphatic hydroxyl groups is 4. The minimum absolute atomic E-state index is 0.00834. The molecule has 0 aromatic heterocycles. The molecular formula is C25H30N2O4. The van der Waals surface area contributed by atoms with Gasteiger partial charge in [0.15, 0.2) is 0 Å². The van der Waals surface area contributed by atoms with E-state index in [1.54, 1.807) is 9.80 Å². The summed E-state index contributed by atoms with van der Waals surface area (Å²) in [5.74, 6) is 0.0334. The topological polar surface area (TPSA) is 87.4 Å². The van der Waals surface area contributed by atoms with Crippen LogP contribution in [0.15, 0.2) is 97.9 Å². The fourth-order valence-electron chi connectivity index (χ4n) is 3.24. The van der Waals surface area contributed by atoms with Crippen LogP contribution in [-0.2, 0) is 6.42 Å². The van der Waals surface area contributed by atoms with Gasteiger partial charge in [0.05, 0.1) is 26.2 Å². The van der Waals surface area contributed by atoms with Crippen molar-refractivity contribution >= 4 is 11.4 Å². The molecule has 6 heteroatoms. The van der Waals surface area contributed by atoms with Crippen LogP contribution in [0.4, 0.5) is 11.4 Å². The molecule has 0 bridgehead atoms. The lowest BCUT2D eigenvalue weighted by atomic mass is 10.0. The molecule has 0 unspecified atom stereocenters. The van der Waals surface area contributed by atoms with Crippen molar-refractivity contribution in [2.24, 2.45) is 0 Å². The van der Waals surface area contributed by atoms with Crippen molar-refractivity contribution in [1.82, 2.24) is 0 Å². The summed E-state index contributed by atoms with van der Waals surface area (Å²) < 4.78 is 0. The second-order valence-electron chi connectivity index (χ2n) is 7.49. The highest BCUT2D eigenvalue weighted by Gasteiger charge is 2.11. The maximum Gasteiger partial charge on any atom is 0.104 e. The highest BCUT2D eigenvalue weighted by Crippen LogP contribution is 2.21. The molecule has 0 aliphatic rings. The third-order valence-electron chi connectivity index (χ3n) is 4.50. The Balaban J connectivity index is 2.10. The van der Waals surface area contributed by atoms with Gasteiger partial charge in [0.1, 0.15) is 23.0 Å². The molecule has 2 aromatic carbocycles. The van der Waals surface area contributed by atoms with Crippen molar-refractivity contribution in [1.29, 1.82) is 0 Å². The zero-order chi connectivity index (χ0) is 23.0. The van der Waals surface area contributed by atoms with Gasteiger partial charge in [-0.3, -0.25) is 0 Å². The number of benzene rings is 2. The van der Waals surface area contributed by atoms with Crippen molar-refractivity contribution in [2.45, 2.75) is 6.42 Å². The SMILES string of the molecule is C=C(O)CN(CC(=C)O)c1ccc(Cc2ccc(N(CC(=C)O)CC(=C)O)cc2)cc1. The van der Waals surface area contributed by atoms with E-state index in [1.165, 1.54) is 0 Å². The average Bonchev–Trinajstić information content (AvgIpc) is 2.67. The van der Waals surface area contributed by atoms with Crippen LogP contribution in [0.2, 0.25) is 0 Å². The van der Waals surface area contributed by atoms with E-state index in [1.807, 2.05) is 48.5 Å². The highest BCUT2D eigenvalue weighted by atomic mass is 16.3. The lowest BCUT2D eigenvalue weighted by molar-refractivity contribution is 0.383. The Bertz CT molecular complexity index is 823. The van der Waals surface area contributed by atoms with Crippen molar-refractivity contribution < 1.29 is 20.4 Å². The minimum Gasteiger partial charge on any atom is -0.511 e. The largest absolute Gasteiger partial charge is 0.511 e. The number of anilines is 2. The Morgan fingerprint density at radius 2 is 0.774 bits per heavy atom. The van der Waals surface area contributed by atoms with Crippen molar-refractivity contribution in [3.05, 3.63) is 109 Å². The van der Waals surface area contributed by atoms with E-state index >= 15 is 0 Å². The molecule has 2 rings (SSSR count). The van der Waals surface area contributed by atoms with Crippen LogP contribution in [0.3, 0.4) is 0 Å². The van der Waals surface area contributed by atoms with E-state index in [-0.39, 0.29) is 49.2 Å². The van der Waals surface area contributed by atoms with Crippen molar-refractivity contribution in [3.63, 3.8) is 0 Å². The number of rotatable bonds is 12. The maximum atomic E-state index is 9.52. The summed E-state index contributed by atoms with van der Waals surface area (Å²) in [5.41, 5.74) is 3.89. The maximum absolute atomic E-state index is 9.52. The van der Waals surface area contributed by atoms with E-state index in [0.29, 0.717) is 0 Å². The van der Waals surface area contributed by atoms with Crippen LogP contribution in [0, 0.1) is 0 Å². The Morgan fingerprint density at radius 3 is 1.00 bits per heavy atom. The fraction of sp³-hybridized carbons (Fsp3) is 0.200. The smallest absolute Gasteiger partial charge is 0.104 e. The van der Waals surface area contributed by atoms with Gasteiger partial charge in [-0.25, -0.2) is 0 Å². The molecule has 0 atom stereocenters. The predicted molar refractivity (Wildman–Crippen MR) is 127 cm³/mol. The molecule has 0 amide bonds. The van der Waals surface area contributed by atoms with Gasteiger partial charge in [-0.1, -0.05) is 50.6 Å². The summed E-state index contributed by atoms with van der Waals surface area (Å²) in [6.45, 7) is 14.9. The quantitative estimate of drug-likeness (QED) is 0.353. The van der Waals surface area contributed by atoms with E-state index in [2.05, 4.69) is 26.3 Å². The van der Waals surface area contributed by atoms with Gasteiger partial charge in [0.2, 0.25) is 0 Å². The Labute approximate surface area is 183 Å². The predicted octanol–water partition coefficient (Wildman–Crippen LogP) is 5.18. The number of aliphatic hydroxyl groups excluding tert-OH is 4. The second kappa shape index (κ2) is 10.8. The molecule has 0 spiro atoms. The minimum atomic E-state index is 0.00834. The molecule has 164 valence electrons. The Morgan fingerprint density at radius 1 is 0.516 bits per heavy atom. The molecule has 2 aromatic rings. The van der Waals surface area contributed by atoms with E-state index in [9.17, 15) is 20.4 Å². The molecule has 0 fully saturated rings. The number of nitrogens with zero attached hydrogens (tertiary/aromatic N) is 2. The van der Waals surface area contributed by atoms with Gasteiger partial charge in [-0.2, -0.15) is 0 Å². The molecular weight excluding hydrogens is 392 g/mol. The zero-order valence-corrected chi connectivity index (χ0v) is 17.7. The fourth-order valence-corrected chi connectivity index (χ4v) is 3.24. The van der Waals surface area contributed by atoms with Crippen LogP contribution in [0.1, 0.15) is 11.1 Å². The van der Waals surface area contributed by atoms with E-state index in [0.717, 1.165) is 28.9 Å². The summed E-state index contributed by atoms with van der Waals surface area (Å²) in [4.78, 5) is 3.56. The van der Waals surface area contributed by atoms with Gasteiger partial charge in [0.25, 0.3) is 0 Å². The van der Waals surface area contributed by atoms with Crippen LogP contribution in [-0.4, -0.2) is 46.6 Å². The summed E-state index contributed by atoms with van der Waals surface area (Å²) in [7, 11) is 0. The zero-order valence-electron chi connectivity index (χ0n) is 17.7. The van der Waals surface area contributed by atoms with Gasteiger partial charge >= 0.3 is 0 Å². The van der Waals surface area contributed by atoms with E-state index < -0.39 is 0 Å². The van der Waals surface area contributed by atoms with Crippen LogP contribution < -0.4 is 9.80 Å². The Kier molecular flexibility index (Phi) is 8.20. The van der Waals surface area contributed by atoms with Gasteiger partial charge < -0.3 is 30.2 Å². The third-order valence-corrected chi connectivity index (χ3v) is 4.50. The molecule has 0 saturated heterocycles. The summed E-state index contributed by atoms with van der Waals surface area (Å²) in [6, 6.07) is 15.7. The third kappa shape index (κ3) is 7.85. The first-order chi connectivity index (χ1) is 14.6. The molecule has 31 heavy (non-hydrogen) atoms. The lowest BCUT2D eigenvalue weighted by Gasteiger charge is -2.24. The summed E-state index contributed by atoms with van der Waals surface area (Å²) in [5, 5.41) is 38.1. The van der Waals surface area contributed by atoms with Crippen LogP contribution in [0.25, 0.3) is 0 Å². The molecule has 0 heterocycles. The Hall–Kier alpha value is -3.80. The van der Waals surface area contributed by atoms with Crippen LogP contribution >= 0.6 is 0 Å². The summed E-state index contributed by atoms with van der Waals surface area (Å²) in [6.07, 6.45) is 0.722. The van der Waals surface area contributed by atoms with Crippen molar-refractivity contribution in [2.75, 3.05) is 36.0 Å². The first-order valence-corrected chi connectivity index (χ1v) is 9.78. The molecule has 6 nitrogen and oxygen atoms in total. The van der Waals surface area contributed by atoms with Gasteiger partial charge in [0, 0.05) is 11.4 Å². The summed E-state index contributed by atoms with van der Waals surface area (Å²) >= 11 is 0. The molecule has 4 N–H and O–H groups in total. The van der Waals surface area contributed by atoms with Crippen molar-refractivity contribution in [3.8, 4) is 0 Å². The number of hydrogen-bond acceptors (Lipinski definition) is 6. The highest BCUT2D eigenvalue weighted by molar-refractivity contribution is 5.52. The average molecular weight is 423 g/mol. The first kappa shape index (κ1) is 23.5. The first-order valence-electron chi connectivity index (χ1n) is 9.78. The lowest BCUT2D eigenvalue weighted by Crippen LogP contribution is -2.27. The standard InChI is InChI=1S/C25H30N2O4/c1-18(28)14-26(15-19(2)29)24-9-5-22(6-10-24)13-23-7-11-25(12-8-23)27(16-20(3)30)17-21(4)31/h5-12,28-31H,1-4,13-17H2. The van der Waals surface area contributed by atoms with Crippen LogP contribution in [0.5, 0.6) is 0 Å². The normalized spacial score (nSPS) is 10.3. The molecule has 0 aliphatic heterocycles. The van der Waals surface area contributed by atoms with E-state index in [4.69, 9.17) is 0 Å². The molecule has 0 aliphatic carbocycles.